The summed E-state index contributed by atoms with van der Waals surface area (Å²) < 4.78 is 20.8. The smallest absolute Gasteiger partial charge is 0.326 e. The lowest BCUT2D eigenvalue weighted by atomic mass is 9.85. The summed E-state index contributed by atoms with van der Waals surface area (Å²) in [7, 11) is 4.93. The SMILES string of the molecule is CNC1(C(=O)OC)CCCC1CCOCCOCCOC. The van der Waals surface area contributed by atoms with Crippen LogP contribution in [0.4, 0.5) is 0 Å². The van der Waals surface area contributed by atoms with Gasteiger partial charge in [-0.05, 0) is 32.2 Å². The standard InChI is InChI=1S/C15H29NO5/c1-16-15(14(17)19-3)7-4-5-13(15)6-8-20-11-12-21-10-9-18-2/h13,16H,4-12H2,1-3H3. The summed E-state index contributed by atoms with van der Waals surface area (Å²) in [6.45, 7) is 2.97. The average Bonchev–Trinajstić information content (AvgIpc) is 2.93. The predicted octanol–water partition coefficient (Wildman–Crippen LogP) is 0.987. The highest BCUT2D eigenvalue weighted by Gasteiger charge is 2.48. The van der Waals surface area contributed by atoms with Crippen LogP contribution in [0.1, 0.15) is 25.7 Å². The van der Waals surface area contributed by atoms with Gasteiger partial charge in [0.15, 0.2) is 0 Å². The zero-order valence-electron chi connectivity index (χ0n) is 13.5. The molecule has 0 radical (unpaired) electrons. The summed E-state index contributed by atoms with van der Waals surface area (Å²) >= 11 is 0. The lowest BCUT2D eigenvalue weighted by Gasteiger charge is -2.32. The Labute approximate surface area is 127 Å². The zero-order chi connectivity index (χ0) is 15.6. The molecule has 6 heteroatoms. The first-order valence-electron chi connectivity index (χ1n) is 7.63. The van der Waals surface area contributed by atoms with Crippen LogP contribution in [0, 0.1) is 5.92 Å². The van der Waals surface area contributed by atoms with E-state index in [-0.39, 0.29) is 11.9 Å². The van der Waals surface area contributed by atoms with E-state index in [9.17, 15) is 4.79 Å². The number of hydrogen-bond donors (Lipinski definition) is 1. The van der Waals surface area contributed by atoms with E-state index < -0.39 is 5.54 Å². The molecule has 0 aromatic carbocycles. The number of ether oxygens (including phenoxy) is 4. The monoisotopic (exact) mass is 303 g/mol. The Morgan fingerprint density at radius 1 is 1.14 bits per heavy atom. The van der Waals surface area contributed by atoms with Gasteiger partial charge in [-0.3, -0.25) is 4.79 Å². The van der Waals surface area contributed by atoms with Crippen molar-refractivity contribution in [3.05, 3.63) is 0 Å². The van der Waals surface area contributed by atoms with Gasteiger partial charge in [0.1, 0.15) is 5.54 Å². The molecule has 1 N–H and O–H groups in total. The number of likely N-dealkylation sites (N-methyl/N-ethyl adjacent to an activating group) is 1. The van der Waals surface area contributed by atoms with Crippen LogP contribution >= 0.6 is 0 Å². The van der Waals surface area contributed by atoms with Crippen molar-refractivity contribution in [2.75, 3.05) is 54.3 Å². The topological polar surface area (TPSA) is 66.0 Å². The molecule has 2 unspecified atom stereocenters. The number of rotatable bonds is 11. The van der Waals surface area contributed by atoms with Crippen molar-refractivity contribution in [1.29, 1.82) is 0 Å². The fourth-order valence-electron chi connectivity index (χ4n) is 3.04. The summed E-state index contributed by atoms with van der Waals surface area (Å²) in [5.74, 6) is 0.111. The molecule has 0 bridgehead atoms. The molecule has 1 rings (SSSR count). The molecule has 0 heterocycles. The molecule has 1 fully saturated rings. The third-order valence-corrected chi connectivity index (χ3v) is 4.23. The maximum Gasteiger partial charge on any atom is 0.326 e. The minimum absolute atomic E-state index is 0.157. The molecule has 1 aliphatic rings. The van der Waals surface area contributed by atoms with Gasteiger partial charge < -0.3 is 24.3 Å². The molecule has 1 saturated carbocycles. The molecular weight excluding hydrogens is 274 g/mol. The minimum atomic E-state index is -0.535. The van der Waals surface area contributed by atoms with Gasteiger partial charge in [0.25, 0.3) is 0 Å². The van der Waals surface area contributed by atoms with Crippen LogP contribution in [0.2, 0.25) is 0 Å². The third-order valence-electron chi connectivity index (χ3n) is 4.23. The van der Waals surface area contributed by atoms with Crippen LogP contribution in [0.3, 0.4) is 0 Å². The van der Waals surface area contributed by atoms with Crippen molar-refractivity contribution in [2.24, 2.45) is 5.92 Å². The van der Waals surface area contributed by atoms with E-state index in [1.807, 2.05) is 7.05 Å². The Morgan fingerprint density at radius 3 is 2.43 bits per heavy atom. The van der Waals surface area contributed by atoms with E-state index in [4.69, 9.17) is 18.9 Å². The van der Waals surface area contributed by atoms with Gasteiger partial charge in [0.2, 0.25) is 0 Å². The first-order valence-corrected chi connectivity index (χ1v) is 7.63. The Hall–Kier alpha value is -0.690. The van der Waals surface area contributed by atoms with Crippen LogP contribution in [0.25, 0.3) is 0 Å². The number of carbonyl (C=O) groups is 1. The van der Waals surface area contributed by atoms with Crippen molar-refractivity contribution < 1.29 is 23.7 Å². The van der Waals surface area contributed by atoms with E-state index in [2.05, 4.69) is 5.32 Å². The third kappa shape index (κ3) is 5.21. The summed E-state index contributed by atoms with van der Waals surface area (Å²) in [6, 6.07) is 0. The van der Waals surface area contributed by atoms with Crippen LogP contribution in [0.15, 0.2) is 0 Å². The van der Waals surface area contributed by atoms with Crippen molar-refractivity contribution in [2.45, 2.75) is 31.2 Å². The van der Waals surface area contributed by atoms with Crippen LogP contribution in [0.5, 0.6) is 0 Å². The lowest BCUT2D eigenvalue weighted by molar-refractivity contribution is -0.150. The Balaban J connectivity index is 2.23. The largest absolute Gasteiger partial charge is 0.468 e. The molecule has 0 saturated heterocycles. The van der Waals surface area contributed by atoms with Gasteiger partial charge in [-0.2, -0.15) is 0 Å². The summed E-state index contributed by atoms with van der Waals surface area (Å²) in [4.78, 5) is 12.1. The number of hydrogen-bond acceptors (Lipinski definition) is 6. The van der Waals surface area contributed by atoms with Gasteiger partial charge in [-0.1, -0.05) is 6.42 Å². The van der Waals surface area contributed by atoms with E-state index in [1.54, 1.807) is 7.11 Å². The molecule has 1 aliphatic carbocycles. The highest BCUT2D eigenvalue weighted by Crippen LogP contribution is 2.38. The lowest BCUT2D eigenvalue weighted by Crippen LogP contribution is -2.54. The van der Waals surface area contributed by atoms with Crippen LogP contribution < -0.4 is 5.32 Å². The van der Waals surface area contributed by atoms with Crippen molar-refractivity contribution in [3.8, 4) is 0 Å². The van der Waals surface area contributed by atoms with E-state index >= 15 is 0 Å². The number of methoxy groups -OCH3 is 2. The molecule has 0 spiro atoms. The molecule has 0 aromatic rings. The summed E-state index contributed by atoms with van der Waals surface area (Å²) in [5.41, 5.74) is -0.535. The molecule has 2 atom stereocenters. The van der Waals surface area contributed by atoms with E-state index in [1.165, 1.54) is 7.11 Å². The quantitative estimate of drug-likeness (QED) is 0.453. The Morgan fingerprint density at radius 2 is 1.81 bits per heavy atom. The fraction of sp³-hybridized carbons (Fsp3) is 0.933. The highest BCUT2D eigenvalue weighted by atomic mass is 16.5. The van der Waals surface area contributed by atoms with Crippen LogP contribution in [-0.2, 0) is 23.7 Å². The predicted molar refractivity (Wildman–Crippen MR) is 79.3 cm³/mol. The highest BCUT2D eigenvalue weighted by molar-refractivity contribution is 5.81. The van der Waals surface area contributed by atoms with Crippen molar-refractivity contribution in [3.63, 3.8) is 0 Å². The van der Waals surface area contributed by atoms with Crippen molar-refractivity contribution >= 4 is 5.97 Å². The molecule has 0 aromatic heterocycles. The number of esters is 1. The van der Waals surface area contributed by atoms with Gasteiger partial charge in [-0.15, -0.1) is 0 Å². The molecule has 6 nitrogen and oxygen atoms in total. The summed E-state index contributed by atoms with van der Waals surface area (Å²) in [6.07, 6.45) is 3.76. The zero-order valence-corrected chi connectivity index (χ0v) is 13.5. The summed E-state index contributed by atoms with van der Waals surface area (Å²) in [5, 5.41) is 3.18. The van der Waals surface area contributed by atoms with Crippen molar-refractivity contribution in [1.82, 2.24) is 5.32 Å². The minimum Gasteiger partial charge on any atom is -0.468 e. The maximum atomic E-state index is 12.1. The molecule has 0 aliphatic heterocycles. The second-order valence-electron chi connectivity index (χ2n) is 5.31. The van der Waals surface area contributed by atoms with Crippen LogP contribution in [-0.4, -0.2) is 65.8 Å². The van der Waals surface area contributed by atoms with Gasteiger partial charge >= 0.3 is 5.97 Å². The first kappa shape index (κ1) is 18.4. The normalized spacial score (nSPS) is 25.2. The fourth-order valence-corrected chi connectivity index (χ4v) is 3.04. The molecule has 0 amide bonds. The first-order chi connectivity index (χ1) is 10.2. The second-order valence-corrected chi connectivity index (χ2v) is 5.31. The molecular formula is C15H29NO5. The van der Waals surface area contributed by atoms with Gasteiger partial charge in [0.05, 0.1) is 33.5 Å². The number of nitrogens with one attached hydrogen (secondary N) is 1. The second kappa shape index (κ2) is 10.1. The maximum absolute atomic E-state index is 12.1. The Bertz CT molecular complexity index is 300. The average molecular weight is 303 g/mol. The van der Waals surface area contributed by atoms with Gasteiger partial charge in [-0.25, -0.2) is 0 Å². The molecule has 124 valence electrons. The van der Waals surface area contributed by atoms with Gasteiger partial charge in [0, 0.05) is 13.7 Å². The van der Waals surface area contributed by atoms with E-state index in [0.29, 0.717) is 33.0 Å². The van der Waals surface area contributed by atoms with E-state index in [0.717, 1.165) is 25.7 Å². The molecule has 21 heavy (non-hydrogen) atoms. The number of carbonyl (C=O) groups excluding carboxylic acids is 1. The Kier molecular flexibility index (Phi) is 8.84.